The van der Waals surface area contributed by atoms with Gasteiger partial charge >= 0.3 is 0 Å². The third-order valence-corrected chi connectivity index (χ3v) is 4.12. The van der Waals surface area contributed by atoms with Crippen LogP contribution in [0.3, 0.4) is 0 Å². The average Bonchev–Trinajstić information content (AvgIpc) is 2.84. The minimum atomic E-state index is 0.208. The van der Waals surface area contributed by atoms with Gasteiger partial charge < -0.3 is 5.11 Å². The van der Waals surface area contributed by atoms with Crippen molar-refractivity contribution in [1.29, 1.82) is 0 Å². The molecule has 1 aromatic heterocycles. The first-order valence-corrected chi connectivity index (χ1v) is 8.40. The first kappa shape index (κ1) is 16.3. The third kappa shape index (κ3) is 3.21. The lowest BCUT2D eigenvalue weighted by Crippen LogP contribution is -2.00. The summed E-state index contributed by atoms with van der Waals surface area (Å²) in [5, 5.41) is 15.6. The molecule has 0 radical (unpaired) electrons. The molecule has 0 aliphatic heterocycles. The number of nitrogens with zero attached hydrogens (tertiary/aromatic N) is 2. The van der Waals surface area contributed by atoms with E-state index in [4.69, 9.17) is 5.10 Å². The van der Waals surface area contributed by atoms with Gasteiger partial charge in [0.05, 0.1) is 16.9 Å². The Morgan fingerprint density at radius 3 is 2.33 bits per heavy atom. The molecule has 3 rings (SSSR count). The highest BCUT2D eigenvalue weighted by Gasteiger charge is 2.20. The third-order valence-electron chi connectivity index (χ3n) is 4.12. The Morgan fingerprint density at radius 2 is 1.71 bits per heavy atom. The topological polar surface area (TPSA) is 38.0 Å². The van der Waals surface area contributed by atoms with Gasteiger partial charge in [-0.2, -0.15) is 5.10 Å². The maximum Gasteiger partial charge on any atom is 0.222 e. The second-order valence-corrected chi connectivity index (χ2v) is 6.86. The second-order valence-electron chi connectivity index (χ2n) is 6.86. The highest BCUT2D eigenvalue weighted by atomic mass is 16.3. The molecule has 124 valence electrons. The fraction of sp³-hybridized carbons (Fsp3) is 0.286. The molecule has 0 fully saturated rings. The molecular formula is C21H24N2O. The monoisotopic (exact) mass is 320 g/mol. The van der Waals surface area contributed by atoms with Crippen molar-refractivity contribution in [3.05, 3.63) is 65.4 Å². The van der Waals surface area contributed by atoms with Crippen LogP contribution in [0.15, 0.2) is 48.5 Å². The Balaban J connectivity index is 2.17. The minimum absolute atomic E-state index is 0.208. The van der Waals surface area contributed by atoms with Gasteiger partial charge in [0, 0.05) is 0 Å². The number of aromatic hydroxyl groups is 1. The van der Waals surface area contributed by atoms with E-state index in [1.165, 1.54) is 5.56 Å². The normalized spacial score (nSPS) is 11.2. The van der Waals surface area contributed by atoms with Crippen LogP contribution < -0.4 is 0 Å². The van der Waals surface area contributed by atoms with Crippen molar-refractivity contribution in [1.82, 2.24) is 9.78 Å². The van der Waals surface area contributed by atoms with E-state index in [1.54, 1.807) is 4.68 Å². The van der Waals surface area contributed by atoms with Gasteiger partial charge in [0.25, 0.3) is 0 Å². The lowest BCUT2D eigenvalue weighted by Gasteiger charge is -2.06. The van der Waals surface area contributed by atoms with Crippen molar-refractivity contribution in [3.63, 3.8) is 0 Å². The van der Waals surface area contributed by atoms with Gasteiger partial charge in [0.1, 0.15) is 0 Å². The van der Waals surface area contributed by atoms with Crippen LogP contribution in [0.5, 0.6) is 5.88 Å². The van der Waals surface area contributed by atoms with Gasteiger partial charge in [-0.15, -0.1) is 0 Å². The Kier molecular flexibility index (Phi) is 4.43. The van der Waals surface area contributed by atoms with Crippen molar-refractivity contribution in [2.45, 2.75) is 34.1 Å². The van der Waals surface area contributed by atoms with Crippen molar-refractivity contribution < 1.29 is 5.11 Å². The largest absolute Gasteiger partial charge is 0.493 e. The lowest BCUT2D eigenvalue weighted by molar-refractivity contribution is 0.435. The summed E-state index contributed by atoms with van der Waals surface area (Å²) in [6.07, 6.45) is 0.829. The van der Waals surface area contributed by atoms with Crippen molar-refractivity contribution in [3.8, 4) is 22.7 Å². The van der Waals surface area contributed by atoms with Crippen LogP contribution in [-0.4, -0.2) is 14.9 Å². The van der Waals surface area contributed by atoms with Crippen LogP contribution in [0.2, 0.25) is 0 Å². The Hall–Kier alpha value is -2.55. The van der Waals surface area contributed by atoms with Crippen LogP contribution in [0.25, 0.3) is 16.8 Å². The van der Waals surface area contributed by atoms with Crippen LogP contribution in [0.1, 0.15) is 30.7 Å². The number of rotatable bonds is 4. The van der Waals surface area contributed by atoms with Gasteiger partial charge in [-0.05, 0) is 49.4 Å². The predicted molar refractivity (Wildman–Crippen MR) is 98.7 cm³/mol. The first-order valence-electron chi connectivity index (χ1n) is 8.40. The van der Waals surface area contributed by atoms with Crippen molar-refractivity contribution in [2.24, 2.45) is 5.92 Å². The fourth-order valence-corrected chi connectivity index (χ4v) is 2.94. The summed E-state index contributed by atoms with van der Waals surface area (Å²) in [4.78, 5) is 0. The zero-order valence-electron chi connectivity index (χ0n) is 14.7. The van der Waals surface area contributed by atoms with Gasteiger partial charge in [0.15, 0.2) is 0 Å². The van der Waals surface area contributed by atoms with E-state index in [1.807, 2.05) is 31.2 Å². The number of aryl methyl sites for hydroxylation is 2. The SMILES string of the molecule is Cc1ccc(-c2c(CC(C)C)nn(-c3cccc(C)c3)c2O)cc1. The van der Waals surface area contributed by atoms with E-state index < -0.39 is 0 Å². The first-order chi connectivity index (χ1) is 11.5. The molecule has 1 N–H and O–H groups in total. The smallest absolute Gasteiger partial charge is 0.222 e. The Bertz CT molecular complexity index is 845. The molecule has 3 aromatic rings. The Labute approximate surface area is 143 Å². The molecule has 0 saturated carbocycles. The second kappa shape index (κ2) is 6.52. The summed E-state index contributed by atoms with van der Waals surface area (Å²) in [7, 11) is 0. The van der Waals surface area contributed by atoms with Gasteiger partial charge in [-0.25, -0.2) is 4.68 Å². The fourth-order valence-electron chi connectivity index (χ4n) is 2.94. The predicted octanol–water partition coefficient (Wildman–Crippen LogP) is 5.06. The molecule has 0 saturated heterocycles. The summed E-state index contributed by atoms with van der Waals surface area (Å²) in [5.74, 6) is 0.676. The highest BCUT2D eigenvalue weighted by Crippen LogP contribution is 2.35. The Morgan fingerprint density at radius 1 is 1.00 bits per heavy atom. The zero-order valence-corrected chi connectivity index (χ0v) is 14.7. The molecule has 0 aliphatic rings. The van der Waals surface area contributed by atoms with Crippen molar-refractivity contribution >= 4 is 0 Å². The molecular weight excluding hydrogens is 296 g/mol. The summed E-state index contributed by atoms with van der Waals surface area (Å²) >= 11 is 0. The molecule has 3 nitrogen and oxygen atoms in total. The molecule has 0 spiro atoms. The molecule has 0 unspecified atom stereocenters. The number of aromatic nitrogens is 2. The number of hydrogen-bond donors (Lipinski definition) is 1. The van der Waals surface area contributed by atoms with Gasteiger partial charge in [0.2, 0.25) is 5.88 Å². The molecule has 2 aromatic carbocycles. The molecule has 24 heavy (non-hydrogen) atoms. The van der Waals surface area contributed by atoms with E-state index in [9.17, 15) is 5.11 Å². The minimum Gasteiger partial charge on any atom is -0.493 e. The molecule has 0 amide bonds. The quantitative estimate of drug-likeness (QED) is 0.729. The molecule has 0 atom stereocenters. The standard InChI is InChI=1S/C21H24N2O/c1-14(2)12-19-20(17-10-8-15(3)9-11-17)21(24)23(22-19)18-7-5-6-16(4)13-18/h5-11,13-14,24H,12H2,1-4H3. The van der Waals surface area contributed by atoms with Gasteiger partial charge in [-0.3, -0.25) is 0 Å². The zero-order chi connectivity index (χ0) is 17.3. The van der Waals surface area contributed by atoms with E-state index >= 15 is 0 Å². The summed E-state index contributed by atoms with van der Waals surface area (Å²) < 4.78 is 1.65. The summed E-state index contributed by atoms with van der Waals surface area (Å²) in [5.41, 5.74) is 6.01. The number of benzene rings is 2. The maximum atomic E-state index is 10.9. The summed E-state index contributed by atoms with van der Waals surface area (Å²) in [6.45, 7) is 8.44. The van der Waals surface area contributed by atoms with Crippen LogP contribution in [0.4, 0.5) is 0 Å². The van der Waals surface area contributed by atoms with Crippen molar-refractivity contribution in [2.75, 3.05) is 0 Å². The van der Waals surface area contributed by atoms with Crippen LogP contribution >= 0.6 is 0 Å². The van der Waals surface area contributed by atoms with E-state index in [2.05, 4.69) is 45.0 Å². The molecule has 0 bridgehead atoms. The van der Waals surface area contributed by atoms with Crippen LogP contribution in [-0.2, 0) is 6.42 Å². The highest BCUT2D eigenvalue weighted by molar-refractivity contribution is 5.72. The van der Waals surface area contributed by atoms with Gasteiger partial charge in [-0.1, -0.05) is 55.8 Å². The average molecular weight is 320 g/mol. The molecule has 1 heterocycles. The summed E-state index contributed by atoms with van der Waals surface area (Å²) in [6, 6.07) is 16.3. The van der Waals surface area contributed by atoms with E-state index in [0.717, 1.165) is 34.5 Å². The van der Waals surface area contributed by atoms with E-state index in [0.29, 0.717) is 5.92 Å². The van der Waals surface area contributed by atoms with Crippen LogP contribution in [0, 0.1) is 19.8 Å². The molecule has 0 aliphatic carbocycles. The maximum absolute atomic E-state index is 10.9. The number of hydrogen-bond acceptors (Lipinski definition) is 2. The van der Waals surface area contributed by atoms with E-state index in [-0.39, 0.29) is 5.88 Å². The lowest BCUT2D eigenvalue weighted by atomic mass is 9.99. The molecule has 3 heteroatoms.